The molecule has 136 valence electrons. The van der Waals surface area contributed by atoms with Crippen LogP contribution in [-0.4, -0.2) is 60.0 Å². The quantitative estimate of drug-likeness (QED) is 0.830. The molecule has 1 aromatic heterocycles. The van der Waals surface area contributed by atoms with Gasteiger partial charge in [0.15, 0.2) is 0 Å². The highest BCUT2D eigenvalue weighted by Crippen LogP contribution is 2.23. The molecule has 1 amide bonds. The first-order valence-corrected chi connectivity index (χ1v) is 9.46. The highest BCUT2D eigenvalue weighted by Gasteiger charge is 2.24. The lowest BCUT2D eigenvalue weighted by Crippen LogP contribution is -2.49. The molecule has 0 atom stereocenters. The van der Waals surface area contributed by atoms with Crippen LogP contribution in [-0.2, 0) is 0 Å². The van der Waals surface area contributed by atoms with E-state index in [1.54, 1.807) is 18.5 Å². The number of halogens is 1. The normalized spacial score (nSPS) is 17.7. The van der Waals surface area contributed by atoms with Crippen LogP contribution in [0.2, 0.25) is 5.02 Å². The van der Waals surface area contributed by atoms with E-state index in [1.807, 2.05) is 17.0 Å². The SMILES string of the molecule is O=C(c1ccccc1Cl)N1CCN(c2cc(N3CCCC3)ncn2)CC1. The zero-order chi connectivity index (χ0) is 17.9. The maximum Gasteiger partial charge on any atom is 0.255 e. The van der Waals surface area contributed by atoms with Gasteiger partial charge in [0, 0.05) is 45.3 Å². The van der Waals surface area contributed by atoms with Crippen molar-refractivity contribution in [1.29, 1.82) is 0 Å². The standard InChI is InChI=1S/C19H22ClN5O/c20-16-6-2-1-5-15(16)19(26)25-11-9-24(10-12-25)18-13-17(21-14-22-18)23-7-3-4-8-23/h1-2,5-6,13-14H,3-4,7-12H2. The summed E-state index contributed by atoms with van der Waals surface area (Å²) < 4.78 is 0. The minimum Gasteiger partial charge on any atom is -0.356 e. The average molecular weight is 372 g/mol. The molecular weight excluding hydrogens is 350 g/mol. The summed E-state index contributed by atoms with van der Waals surface area (Å²) in [6.07, 6.45) is 4.09. The number of carbonyl (C=O) groups excluding carboxylic acids is 1. The molecule has 2 aromatic rings. The molecule has 0 radical (unpaired) electrons. The number of rotatable bonds is 3. The monoisotopic (exact) mass is 371 g/mol. The molecule has 3 heterocycles. The third kappa shape index (κ3) is 3.46. The Hall–Kier alpha value is -2.34. The van der Waals surface area contributed by atoms with E-state index >= 15 is 0 Å². The molecule has 0 bridgehead atoms. The van der Waals surface area contributed by atoms with Gasteiger partial charge in [0.2, 0.25) is 0 Å². The summed E-state index contributed by atoms with van der Waals surface area (Å²) in [5.74, 6) is 1.93. The number of aromatic nitrogens is 2. The Morgan fingerprint density at radius 3 is 2.15 bits per heavy atom. The third-order valence-corrected chi connectivity index (χ3v) is 5.39. The van der Waals surface area contributed by atoms with E-state index in [2.05, 4.69) is 25.8 Å². The van der Waals surface area contributed by atoms with Crippen molar-refractivity contribution in [1.82, 2.24) is 14.9 Å². The van der Waals surface area contributed by atoms with Crippen molar-refractivity contribution in [3.63, 3.8) is 0 Å². The van der Waals surface area contributed by atoms with Crippen LogP contribution >= 0.6 is 11.6 Å². The number of benzene rings is 1. The zero-order valence-corrected chi connectivity index (χ0v) is 15.4. The van der Waals surface area contributed by atoms with E-state index in [0.717, 1.165) is 37.8 Å². The van der Waals surface area contributed by atoms with Crippen LogP contribution in [0, 0.1) is 0 Å². The lowest BCUT2D eigenvalue weighted by Gasteiger charge is -2.35. The van der Waals surface area contributed by atoms with Crippen molar-refractivity contribution >= 4 is 29.1 Å². The largest absolute Gasteiger partial charge is 0.356 e. The van der Waals surface area contributed by atoms with E-state index in [4.69, 9.17) is 11.6 Å². The number of hydrogen-bond donors (Lipinski definition) is 0. The second-order valence-corrected chi connectivity index (χ2v) is 7.09. The highest BCUT2D eigenvalue weighted by molar-refractivity contribution is 6.33. The highest BCUT2D eigenvalue weighted by atomic mass is 35.5. The molecule has 2 aliphatic heterocycles. The first-order chi connectivity index (χ1) is 12.7. The van der Waals surface area contributed by atoms with Gasteiger partial charge in [0.05, 0.1) is 10.6 Å². The summed E-state index contributed by atoms with van der Waals surface area (Å²) in [5, 5.41) is 0.506. The Kier molecular flexibility index (Phi) is 4.93. The summed E-state index contributed by atoms with van der Waals surface area (Å²) in [6, 6.07) is 9.28. The van der Waals surface area contributed by atoms with Crippen molar-refractivity contribution < 1.29 is 4.79 Å². The molecule has 2 aliphatic rings. The second-order valence-electron chi connectivity index (χ2n) is 6.69. The van der Waals surface area contributed by atoms with Gasteiger partial charge in [-0.05, 0) is 25.0 Å². The average Bonchev–Trinajstić information content (AvgIpc) is 3.23. The van der Waals surface area contributed by atoms with E-state index in [9.17, 15) is 4.79 Å². The number of hydrogen-bond acceptors (Lipinski definition) is 5. The number of nitrogens with zero attached hydrogens (tertiary/aromatic N) is 5. The lowest BCUT2D eigenvalue weighted by molar-refractivity contribution is 0.0746. The van der Waals surface area contributed by atoms with Crippen LogP contribution in [0.4, 0.5) is 11.6 Å². The van der Waals surface area contributed by atoms with Crippen LogP contribution in [0.1, 0.15) is 23.2 Å². The number of anilines is 2. The van der Waals surface area contributed by atoms with E-state index in [0.29, 0.717) is 23.7 Å². The van der Waals surface area contributed by atoms with Gasteiger partial charge in [-0.3, -0.25) is 4.79 Å². The Labute approximate surface area is 158 Å². The van der Waals surface area contributed by atoms with Crippen molar-refractivity contribution in [2.45, 2.75) is 12.8 Å². The molecule has 1 aromatic carbocycles. The van der Waals surface area contributed by atoms with Crippen LogP contribution in [0.15, 0.2) is 36.7 Å². The molecule has 6 nitrogen and oxygen atoms in total. The fourth-order valence-corrected chi connectivity index (χ4v) is 3.79. The summed E-state index contributed by atoms with van der Waals surface area (Å²) in [5.41, 5.74) is 0.570. The van der Waals surface area contributed by atoms with Gasteiger partial charge >= 0.3 is 0 Å². The van der Waals surface area contributed by atoms with Crippen LogP contribution in [0.5, 0.6) is 0 Å². The van der Waals surface area contributed by atoms with Crippen LogP contribution in [0.25, 0.3) is 0 Å². The maximum absolute atomic E-state index is 12.7. The molecule has 4 rings (SSSR count). The summed E-state index contributed by atoms with van der Waals surface area (Å²) >= 11 is 6.16. The minimum absolute atomic E-state index is 0.00399. The molecule has 0 aliphatic carbocycles. The molecule has 26 heavy (non-hydrogen) atoms. The zero-order valence-electron chi connectivity index (χ0n) is 14.6. The van der Waals surface area contributed by atoms with Gasteiger partial charge in [-0.1, -0.05) is 23.7 Å². The Morgan fingerprint density at radius 2 is 1.50 bits per heavy atom. The smallest absolute Gasteiger partial charge is 0.255 e. The number of carbonyl (C=O) groups is 1. The topological polar surface area (TPSA) is 52.6 Å². The van der Waals surface area contributed by atoms with Gasteiger partial charge in [-0.15, -0.1) is 0 Å². The molecule has 2 fully saturated rings. The minimum atomic E-state index is -0.00399. The van der Waals surface area contributed by atoms with Crippen LogP contribution < -0.4 is 9.80 Å². The lowest BCUT2D eigenvalue weighted by atomic mass is 10.2. The van der Waals surface area contributed by atoms with Crippen LogP contribution in [0.3, 0.4) is 0 Å². The molecule has 0 spiro atoms. The number of amides is 1. The van der Waals surface area contributed by atoms with Gasteiger partial charge in [-0.25, -0.2) is 9.97 Å². The predicted octanol–water partition coefficient (Wildman–Crippen LogP) is 2.69. The first-order valence-electron chi connectivity index (χ1n) is 9.08. The molecule has 0 saturated carbocycles. The fraction of sp³-hybridized carbons (Fsp3) is 0.421. The van der Waals surface area contributed by atoms with Gasteiger partial charge in [0.1, 0.15) is 18.0 Å². The van der Waals surface area contributed by atoms with Crippen molar-refractivity contribution in [3.05, 3.63) is 47.2 Å². The Bertz CT molecular complexity index is 785. The van der Waals surface area contributed by atoms with Crippen molar-refractivity contribution in [2.24, 2.45) is 0 Å². The third-order valence-electron chi connectivity index (χ3n) is 5.06. The van der Waals surface area contributed by atoms with E-state index < -0.39 is 0 Å². The molecule has 0 unspecified atom stereocenters. The number of piperazine rings is 1. The second kappa shape index (κ2) is 7.50. The van der Waals surface area contributed by atoms with Gasteiger partial charge < -0.3 is 14.7 Å². The maximum atomic E-state index is 12.7. The first kappa shape index (κ1) is 17.1. The molecular formula is C19H22ClN5O. The molecule has 7 heteroatoms. The molecule has 2 saturated heterocycles. The summed E-state index contributed by atoms with van der Waals surface area (Å²) in [4.78, 5) is 27.9. The van der Waals surface area contributed by atoms with E-state index in [1.165, 1.54) is 12.8 Å². The van der Waals surface area contributed by atoms with E-state index in [-0.39, 0.29) is 5.91 Å². The Balaban J connectivity index is 1.41. The Morgan fingerprint density at radius 1 is 0.885 bits per heavy atom. The molecule has 0 N–H and O–H groups in total. The van der Waals surface area contributed by atoms with Gasteiger partial charge in [-0.2, -0.15) is 0 Å². The summed E-state index contributed by atoms with van der Waals surface area (Å²) in [6.45, 7) is 4.96. The predicted molar refractivity (Wildman–Crippen MR) is 103 cm³/mol. The van der Waals surface area contributed by atoms with Crippen molar-refractivity contribution in [2.75, 3.05) is 49.1 Å². The summed E-state index contributed by atoms with van der Waals surface area (Å²) in [7, 11) is 0. The van der Waals surface area contributed by atoms with Gasteiger partial charge in [0.25, 0.3) is 5.91 Å². The van der Waals surface area contributed by atoms with Crippen molar-refractivity contribution in [3.8, 4) is 0 Å². The fourth-order valence-electron chi connectivity index (χ4n) is 3.57.